The zero-order valence-corrected chi connectivity index (χ0v) is 11.7. The molecule has 0 amide bonds. The average Bonchev–Trinajstić information content (AvgIpc) is 2.46. The van der Waals surface area contributed by atoms with Crippen molar-refractivity contribution in [2.75, 3.05) is 7.11 Å². The fourth-order valence-corrected chi connectivity index (χ4v) is 2.24. The fourth-order valence-electron chi connectivity index (χ4n) is 2.04. The summed E-state index contributed by atoms with van der Waals surface area (Å²) in [6, 6.07) is 16.1. The largest absolute Gasteiger partial charge is 0.495 e. The van der Waals surface area contributed by atoms with Crippen LogP contribution in [0.4, 0.5) is 0 Å². The van der Waals surface area contributed by atoms with E-state index in [1.807, 2.05) is 36.4 Å². The lowest BCUT2D eigenvalue weighted by atomic mass is 9.99. The van der Waals surface area contributed by atoms with Gasteiger partial charge in [0.2, 0.25) is 0 Å². The molecule has 0 radical (unpaired) electrons. The average molecular weight is 276 g/mol. The van der Waals surface area contributed by atoms with E-state index in [0.29, 0.717) is 10.8 Å². The van der Waals surface area contributed by atoms with Gasteiger partial charge in [0, 0.05) is 6.04 Å². The molecule has 19 heavy (non-hydrogen) atoms. The van der Waals surface area contributed by atoms with Crippen molar-refractivity contribution < 1.29 is 4.74 Å². The summed E-state index contributed by atoms with van der Waals surface area (Å²) in [5.74, 6) is 0.675. The first kappa shape index (κ1) is 13.9. The number of hydrogen-bond acceptors (Lipinski definition) is 2. The second-order valence-corrected chi connectivity index (χ2v) is 4.93. The smallest absolute Gasteiger partial charge is 0.137 e. The molecule has 0 aliphatic heterocycles. The van der Waals surface area contributed by atoms with E-state index in [9.17, 15) is 0 Å². The van der Waals surface area contributed by atoms with Crippen molar-refractivity contribution in [1.29, 1.82) is 0 Å². The van der Waals surface area contributed by atoms with E-state index in [-0.39, 0.29) is 6.04 Å². The van der Waals surface area contributed by atoms with Gasteiger partial charge in [-0.15, -0.1) is 0 Å². The summed E-state index contributed by atoms with van der Waals surface area (Å²) in [6.07, 6.45) is 1.86. The number of aryl methyl sites for hydroxylation is 1. The van der Waals surface area contributed by atoms with Gasteiger partial charge >= 0.3 is 0 Å². The Kier molecular flexibility index (Phi) is 4.83. The highest BCUT2D eigenvalue weighted by Gasteiger charge is 2.09. The predicted octanol–water partition coefficient (Wildman–Crippen LogP) is 3.98. The van der Waals surface area contributed by atoms with Crippen LogP contribution in [0.15, 0.2) is 48.5 Å². The van der Waals surface area contributed by atoms with Crippen molar-refractivity contribution in [3.05, 3.63) is 64.7 Å². The maximum Gasteiger partial charge on any atom is 0.137 e. The SMILES string of the molecule is COc1cc(C(N)CCc2ccccc2)ccc1Cl. The zero-order valence-electron chi connectivity index (χ0n) is 11.0. The van der Waals surface area contributed by atoms with Gasteiger partial charge in [-0.3, -0.25) is 0 Å². The van der Waals surface area contributed by atoms with E-state index >= 15 is 0 Å². The molecule has 2 nitrogen and oxygen atoms in total. The van der Waals surface area contributed by atoms with Gasteiger partial charge in [-0.2, -0.15) is 0 Å². The van der Waals surface area contributed by atoms with E-state index in [0.717, 1.165) is 18.4 Å². The van der Waals surface area contributed by atoms with Gasteiger partial charge in [-0.1, -0.05) is 48.0 Å². The third kappa shape index (κ3) is 3.72. The van der Waals surface area contributed by atoms with E-state index in [2.05, 4.69) is 12.1 Å². The first-order chi connectivity index (χ1) is 9.20. The Bertz CT molecular complexity index is 528. The van der Waals surface area contributed by atoms with Crippen molar-refractivity contribution in [3.63, 3.8) is 0 Å². The van der Waals surface area contributed by atoms with Crippen LogP contribution in [0.5, 0.6) is 5.75 Å². The van der Waals surface area contributed by atoms with E-state index in [1.54, 1.807) is 7.11 Å². The molecule has 0 saturated carbocycles. The van der Waals surface area contributed by atoms with Crippen LogP contribution in [-0.2, 0) is 6.42 Å². The van der Waals surface area contributed by atoms with Crippen molar-refractivity contribution in [2.45, 2.75) is 18.9 Å². The molecule has 0 spiro atoms. The van der Waals surface area contributed by atoms with Gasteiger partial charge in [0.1, 0.15) is 5.75 Å². The summed E-state index contributed by atoms with van der Waals surface area (Å²) in [5.41, 5.74) is 8.58. The van der Waals surface area contributed by atoms with Crippen LogP contribution in [0.2, 0.25) is 5.02 Å². The van der Waals surface area contributed by atoms with Gasteiger partial charge in [-0.25, -0.2) is 0 Å². The number of methoxy groups -OCH3 is 1. The summed E-state index contributed by atoms with van der Waals surface area (Å²) >= 11 is 6.01. The molecule has 100 valence electrons. The maximum atomic E-state index is 6.22. The Hall–Kier alpha value is -1.51. The van der Waals surface area contributed by atoms with Crippen molar-refractivity contribution in [3.8, 4) is 5.75 Å². The molecule has 1 atom stereocenters. The summed E-state index contributed by atoms with van der Waals surface area (Å²) in [7, 11) is 1.61. The molecule has 2 aromatic rings. The minimum Gasteiger partial charge on any atom is -0.495 e. The lowest BCUT2D eigenvalue weighted by molar-refractivity contribution is 0.414. The minimum absolute atomic E-state index is 0.00799. The lowest BCUT2D eigenvalue weighted by Gasteiger charge is -2.14. The van der Waals surface area contributed by atoms with E-state index in [4.69, 9.17) is 22.1 Å². The van der Waals surface area contributed by atoms with Gasteiger partial charge in [0.25, 0.3) is 0 Å². The number of benzene rings is 2. The highest BCUT2D eigenvalue weighted by Crippen LogP contribution is 2.28. The second kappa shape index (κ2) is 6.60. The van der Waals surface area contributed by atoms with Crippen LogP contribution in [-0.4, -0.2) is 7.11 Å². The Labute approximate surface area is 119 Å². The highest BCUT2D eigenvalue weighted by molar-refractivity contribution is 6.32. The number of halogens is 1. The minimum atomic E-state index is -0.00799. The lowest BCUT2D eigenvalue weighted by Crippen LogP contribution is -2.11. The van der Waals surface area contributed by atoms with Crippen LogP contribution >= 0.6 is 11.6 Å². The standard InChI is InChI=1S/C16H18ClNO/c1-19-16-11-13(8-9-14(16)17)15(18)10-7-12-5-3-2-4-6-12/h2-6,8-9,11,15H,7,10,18H2,1H3. The zero-order chi connectivity index (χ0) is 13.7. The number of hydrogen-bond donors (Lipinski definition) is 1. The summed E-state index contributed by atoms with van der Waals surface area (Å²) in [5, 5.41) is 0.613. The van der Waals surface area contributed by atoms with E-state index < -0.39 is 0 Å². The molecule has 0 aliphatic rings. The molecule has 0 aromatic heterocycles. The molecule has 0 saturated heterocycles. The molecule has 0 fully saturated rings. The number of ether oxygens (including phenoxy) is 1. The van der Waals surface area contributed by atoms with Crippen LogP contribution < -0.4 is 10.5 Å². The normalized spacial score (nSPS) is 12.2. The molecule has 2 rings (SSSR count). The quantitative estimate of drug-likeness (QED) is 0.896. The fraction of sp³-hybridized carbons (Fsp3) is 0.250. The van der Waals surface area contributed by atoms with Crippen molar-refractivity contribution in [1.82, 2.24) is 0 Å². The molecule has 2 aromatic carbocycles. The molecule has 3 heteroatoms. The summed E-state index contributed by atoms with van der Waals surface area (Å²) in [4.78, 5) is 0. The third-order valence-corrected chi connectivity index (χ3v) is 3.50. The van der Waals surface area contributed by atoms with Crippen molar-refractivity contribution >= 4 is 11.6 Å². The molecule has 2 N–H and O–H groups in total. The maximum absolute atomic E-state index is 6.22. The Morgan fingerprint density at radius 2 is 1.89 bits per heavy atom. The Morgan fingerprint density at radius 1 is 1.16 bits per heavy atom. The first-order valence-corrected chi connectivity index (χ1v) is 6.71. The molecule has 1 unspecified atom stereocenters. The van der Waals surface area contributed by atoms with Crippen LogP contribution in [0, 0.1) is 0 Å². The monoisotopic (exact) mass is 275 g/mol. The summed E-state index contributed by atoms with van der Waals surface area (Å²) in [6.45, 7) is 0. The molecular weight excluding hydrogens is 258 g/mol. The Morgan fingerprint density at radius 3 is 2.58 bits per heavy atom. The number of rotatable bonds is 5. The van der Waals surface area contributed by atoms with Crippen molar-refractivity contribution in [2.24, 2.45) is 5.73 Å². The van der Waals surface area contributed by atoms with Gasteiger partial charge in [0.05, 0.1) is 12.1 Å². The molecule has 0 heterocycles. The van der Waals surface area contributed by atoms with E-state index in [1.165, 1.54) is 5.56 Å². The Balaban J connectivity index is 2.02. The summed E-state index contributed by atoms with van der Waals surface area (Å²) < 4.78 is 5.21. The first-order valence-electron chi connectivity index (χ1n) is 6.33. The third-order valence-electron chi connectivity index (χ3n) is 3.19. The predicted molar refractivity (Wildman–Crippen MR) is 79.7 cm³/mol. The van der Waals surface area contributed by atoms with Gasteiger partial charge in [0.15, 0.2) is 0 Å². The number of nitrogens with two attached hydrogens (primary N) is 1. The van der Waals surface area contributed by atoms with Gasteiger partial charge in [-0.05, 0) is 36.1 Å². The molecule has 0 bridgehead atoms. The van der Waals surface area contributed by atoms with Crippen LogP contribution in [0.25, 0.3) is 0 Å². The van der Waals surface area contributed by atoms with Crippen LogP contribution in [0.1, 0.15) is 23.6 Å². The molecular formula is C16H18ClNO. The van der Waals surface area contributed by atoms with Gasteiger partial charge < -0.3 is 10.5 Å². The second-order valence-electron chi connectivity index (χ2n) is 4.52. The molecule has 0 aliphatic carbocycles. The highest BCUT2D eigenvalue weighted by atomic mass is 35.5. The van der Waals surface area contributed by atoms with Crippen LogP contribution in [0.3, 0.4) is 0 Å². The topological polar surface area (TPSA) is 35.2 Å².